The van der Waals surface area contributed by atoms with Gasteiger partial charge in [-0.2, -0.15) is 0 Å². The number of hydrogen-bond donors (Lipinski definition) is 0. The van der Waals surface area contributed by atoms with Gasteiger partial charge >= 0.3 is 5.97 Å². The molecule has 1 atom stereocenters. The predicted molar refractivity (Wildman–Crippen MR) is 60.9 cm³/mol. The summed E-state index contributed by atoms with van der Waals surface area (Å²) in [6.07, 6.45) is 3.59. The molecule has 0 bridgehead atoms. The number of hydrogen-bond acceptors (Lipinski definition) is 5. The number of likely N-dealkylation sites (tertiary alicyclic amines) is 1. The van der Waals surface area contributed by atoms with E-state index in [4.69, 9.17) is 4.74 Å². The summed E-state index contributed by atoms with van der Waals surface area (Å²) in [5, 5.41) is 0. The Morgan fingerprint density at radius 1 is 1.50 bits per heavy atom. The first-order chi connectivity index (χ1) is 7.44. The molecule has 94 valence electrons. The van der Waals surface area contributed by atoms with Gasteiger partial charge in [0.05, 0.1) is 12.9 Å². The van der Waals surface area contributed by atoms with E-state index in [0.717, 1.165) is 19.4 Å². The van der Waals surface area contributed by atoms with Gasteiger partial charge in [-0.15, -0.1) is 0 Å². The van der Waals surface area contributed by atoms with Crippen LogP contribution in [0.2, 0.25) is 0 Å². The summed E-state index contributed by atoms with van der Waals surface area (Å²) in [7, 11) is -1.52. The molecule has 0 aliphatic carbocycles. The molecule has 1 rings (SSSR count). The van der Waals surface area contributed by atoms with Crippen LogP contribution in [0.4, 0.5) is 0 Å². The summed E-state index contributed by atoms with van der Waals surface area (Å²) in [6.45, 7) is 1.50. The molecule has 0 radical (unpaired) electrons. The number of carbonyl (C=O) groups is 1. The van der Waals surface area contributed by atoms with Gasteiger partial charge in [-0.05, 0) is 32.4 Å². The fourth-order valence-corrected chi connectivity index (χ4v) is 2.68. The first kappa shape index (κ1) is 13.4. The van der Waals surface area contributed by atoms with Crippen LogP contribution in [0, 0.1) is 0 Å². The Hall–Kier alpha value is -0.620. The van der Waals surface area contributed by atoms with Crippen molar-refractivity contribution in [2.24, 2.45) is 0 Å². The van der Waals surface area contributed by atoms with E-state index >= 15 is 0 Å². The highest BCUT2D eigenvalue weighted by Gasteiger charge is 2.30. The van der Waals surface area contributed by atoms with E-state index in [2.05, 4.69) is 0 Å². The zero-order chi connectivity index (χ0) is 12.2. The van der Waals surface area contributed by atoms with Gasteiger partial charge in [-0.3, -0.25) is 9.69 Å². The maximum absolute atomic E-state index is 11.4. The van der Waals surface area contributed by atoms with Crippen molar-refractivity contribution < 1.29 is 17.9 Å². The van der Waals surface area contributed by atoms with Gasteiger partial charge in [-0.1, -0.05) is 0 Å². The molecule has 1 saturated heterocycles. The summed E-state index contributed by atoms with van der Waals surface area (Å²) in [5.41, 5.74) is 0. The molecule has 0 spiro atoms. The molecule has 5 nitrogen and oxygen atoms in total. The minimum absolute atomic E-state index is 0.176. The molecule has 1 unspecified atom stereocenters. The van der Waals surface area contributed by atoms with Crippen molar-refractivity contribution >= 4 is 15.8 Å². The molecule has 0 N–H and O–H groups in total. The summed E-state index contributed by atoms with van der Waals surface area (Å²) >= 11 is 0. The van der Waals surface area contributed by atoms with E-state index in [9.17, 15) is 13.2 Å². The van der Waals surface area contributed by atoms with Crippen LogP contribution >= 0.6 is 0 Å². The lowest BCUT2D eigenvalue weighted by molar-refractivity contribution is -0.145. The van der Waals surface area contributed by atoms with E-state index in [1.807, 2.05) is 4.90 Å². The van der Waals surface area contributed by atoms with Crippen molar-refractivity contribution in [3.05, 3.63) is 0 Å². The second kappa shape index (κ2) is 5.63. The van der Waals surface area contributed by atoms with Crippen molar-refractivity contribution in [1.82, 2.24) is 4.90 Å². The first-order valence-electron chi connectivity index (χ1n) is 5.43. The van der Waals surface area contributed by atoms with Crippen molar-refractivity contribution in [3.63, 3.8) is 0 Å². The lowest BCUT2D eigenvalue weighted by Crippen LogP contribution is -2.37. The summed E-state index contributed by atoms with van der Waals surface area (Å²) in [5.74, 6) is -0.0333. The molecular weight excluding hydrogens is 230 g/mol. The van der Waals surface area contributed by atoms with Crippen LogP contribution in [0.15, 0.2) is 0 Å². The molecule has 1 aliphatic rings. The van der Waals surface area contributed by atoms with Gasteiger partial charge in [0.2, 0.25) is 0 Å². The standard InChI is InChI=1S/C10H19NO4S/c1-15-10(12)9-5-3-6-11(9)7-4-8-16(2,13)14/h9H,3-8H2,1-2H3. The third-order valence-corrected chi connectivity index (χ3v) is 3.83. The maximum atomic E-state index is 11.4. The topological polar surface area (TPSA) is 63.7 Å². The number of carbonyl (C=O) groups excluding carboxylic acids is 1. The molecule has 0 amide bonds. The Morgan fingerprint density at radius 2 is 2.19 bits per heavy atom. The summed E-state index contributed by atoms with van der Waals surface area (Å²) in [6, 6.07) is -0.176. The monoisotopic (exact) mass is 249 g/mol. The molecule has 0 aromatic heterocycles. The molecule has 0 aromatic rings. The number of esters is 1. The van der Waals surface area contributed by atoms with Crippen molar-refractivity contribution in [1.29, 1.82) is 0 Å². The number of rotatable bonds is 5. The highest BCUT2D eigenvalue weighted by atomic mass is 32.2. The largest absolute Gasteiger partial charge is 0.468 e. The normalized spacial score (nSPS) is 22.2. The highest BCUT2D eigenvalue weighted by molar-refractivity contribution is 7.90. The summed E-state index contributed by atoms with van der Waals surface area (Å²) < 4.78 is 26.6. The number of sulfone groups is 1. The van der Waals surface area contributed by atoms with Crippen LogP contribution < -0.4 is 0 Å². The van der Waals surface area contributed by atoms with Crippen molar-refractivity contribution in [2.45, 2.75) is 25.3 Å². The van der Waals surface area contributed by atoms with Crippen LogP contribution in [0.3, 0.4) is 0 Å². The molecule has 0 aromatic carbocycles. The van der Waals surface area contributed by atoms with E-state index in [1.54, 1.807) is 0 Å². The number of ether oxygens (including phenoxy) is 1. The van der Waals surface area contributed by atoms with Crippen LogP contribution in [0.25, 0.3) is 0 Å². The summed E-state index contributed by atoms with van der Waals surface area (Å²) in [4.78, 5) is 13.4. The Bertz CT molecular complexity index is 339. The quantitative estimate of drug-likeness (QED) is 0.645. The van der Waals surface area contributed by atoms with E-state index in [0.29, 0.717) is 13.0 Å². The van der Waals surface area contributed by atoms with Gasteiger partial charge in [0, 0.05) is 6.26 Å². The molecular formula is C10H19NO4S. The lowest BCUT2D eigenvalue weighted by atomic mass is 10.2. The van der Waals surface area contributed by atoms with Gasteiger partial charge in [0.15, 0.2) is 0 Å². The third-order valence-electron chi connectivity index (χ3n) is 2.80. The first-order valence-corrected chi connectivity index (χ1v) is 7.49. The van der Waals surface area contributed by atoms with E-state index in [-0.39, 0.29) is 17.8 Å². The average Bonchev–Trinajstić information content (AvgIpc) is 2.63. The molecule has 16 heavy (non-hydrogen) atoms. The minimum atomic E-state index is -2.90. The molecule has 1 aliphatic heterocycles. The van der Waals surface area contributed by atoms with Crippen LogP contribution in [0.1, 0.15) is 19.3 Å². The minimum Gasteiger partial charge on any atom is -0.468 e. The van der Waals surface area contributed by atoms with E-state index < -0.39 is 9.84 Å². The second-order valence-corrected chi connectivity index (χ2v) is 6.46. The van der Waals surface area contributed by atoms with Gasteiger partial charge < -0.3 is 4.74 Å². The lowest BCUT2D eigenvalue weighted by Gasteiger charge is -2.21. The Balaban J connectivity index is 2.39. The average molecular weight is 249 g/mol. The fraction of sp³-hybridized carbons (Fsp3) is 0.900. The molecule has 0 saturated carbocycles. The van der Waals surface area contributed by atoms with Gasteiger partial charge in [-0.25, -0.2) is 8.42 Å². The van der Waals surface area contributed by atoms with Crippen LogP contribution in [0.5, 0.6) is 0 Å². The fourth-order valence-electron chi connectivity index (χ4n) is 2.03. The third kappa shape index (κ3) is 4.09. The van der Waals surface area contributed by atoms with E-state index in [1.165, 1.54) is 13.4 Å². The van der Waals surface area contributed by atoms with Gasteiger partial charge in [0.1, 0.15) is 15.9 Å². The molecule has 6 heteroatoms. The smallest absolute Gasteiger partial charge is 0.323 e. The second-order valence-electron chi connectivity index (χ2n) is 4.20. The van der Waals surface area contributed by atoms with Crippen LogP contribution in [-0.4, -0.2) is 57.5 Å². The number of nitrogens with zero attached hydrogens (tertiary/aromatic N) is 1. The maximum Gasteiger partial charge on any atom is 0.323 e. The Kier molecular flexibility index (Phi) is 4.73. The Morgan fingerprint density at radius 3 is 2.75 bits per heavy atom. The number of methoxy groups -OCH3 is 1. The molecule has 1 fully saturated rings. The van der Waals surface area contributed by atoms with Crippen molar-refractivity contribution in [2.75, 3.05) is 32.2 Å². The zero-order valence-corrected chi connectivity index (χ0v) is 10.6. The Labute approximate surface area is 96.7 Å². The zero-order valence-electron chi connectivity index (χ0n) is 9.81. The predicted octanol–water partition coefficient (Wildman–Crippen LogP) is 0.0585. The van der Waals surface area contributed by atoms with Gasteiger partial charge in [0.25, 0.3) is 0 Å². The van der Waals surface area contributed by atoms with Crippen LogP contribution in [-0.2, 0) is 19.4 Å². The highest BCUT2D eigenvalue weighted by Crippen LogP contribution is 2.18. The molecule has 1 heterocycles. The SMILES string of the molecule is COC(=O)C1CCCN1CCCS(C)(=O)=O. The van der Waals surface area contributed by atoms with Crippen molar-refractivity contribution in [3.8, 4) is 0 Å².